The van der Waals surface area contributed by atoms with Gasteiger partial charge in [-0.05, 0) is 61.7 Å². The van der Waals surface area contributed by atoms with Crippen molar-refractivity contribution in [1.82, 2.24) is 14.5 Å². The molecule has 1 aliphatic rings. The Morgan fingerprint density at radius 2 is 1.86 bits per heavy atom. The molecule has 3 nitrogen and oxygen atoms in total. The lowest BCUT2D eigenvalue weighted by Crippen LogP contribution is -2.32. The number of aryl methyl sites for hydroxylation is 1. The summed E-state index contributed by atoms with van der Waals surface area (Å²) in [5, 5.41) is 2.74. The Morgan fingerprint density at radius 3 is 2.71 bits per heavy atom. The van der Waals surface area contributed by atoms with E-state index in [1.54, 1.807) is 0 Å². The molecule has 0 spiro atoms. The lowest BCUT2D eigenvalue weighted by atomic mass is 9.95. The lowest BCUT2D eigenvalue weighted by Gasteiger charge is -2.36. The van der Waals surface area contributed by atoms with Crippen molar-refractivity contribution < 1.29 is 0 Å². The van der Waals surface area contributed by atoms with Crippen molar-refractivity contribution in [2.75, 3.05) is 6.54 Å². The van der Waals surface area contributed by atoms with E-state index in [1.807, 2.05) is 12.4 Å². The van der Waals surface area contributed by atoms with Crippen LogP contribution in [0.15, 0.2) is 67.0 Å². The van der Waals surface area contributed by atoms with Crippen molar-refractivity contribution in [2.24, 2.45) is 0 Å². The van der Waals surface area contributed by atoms with E-state index in [0.29, 0.717) is 6.04 Å². The number of hydrogen-bond acceptors (Lipinski definition) is 2. The van der Waals surface area contributed by atoms with Gasteiger partial charge in [0.25, 0.3) is 0 Å². The summed E-state index contributed by atoms with van der Waals surface area (Å²) in [6, 6.07) is 20.6. The Bertz CT molecular complexity index is 1100. The van der Waals surface area contributed by atoms with E-state index in [2.05, 4.69) is 76.0 Å². The fraction of sp³-hybridized carbons (Fsp3) is 0.320. The van der Waals surface area contributed by atoms with Gasteiger partial charge in [-0.15, -0.1) is 0 Å². The van der Waals surface area contributed by atoms with Gasteiger partial charge in [0.15, 0.2) is 0 Å². The van der Waals surface area contributed by atoms with Gasteiger partial charge in [0.1, 0.15) is 0 Å². The second-order valence-corrected chi connectivity index (χ2v) is 7.88. The minimum absolute atomic E-state index is 0.482. The Kier molecular flexibility index (Phi) is 4.61. The van der Waals surface area contributed by atoms with Gasteiger partial charge in [-0.1, -0.05) is 36.8 Å². The first-order valence-corrected chi connectivity index (χ1v) is 10.5. The van der Waals surface area contributed by atoms with E-state index >= 15 is 0 Å². The topological polar surface area (TPSA) is 21.1 Å². The van der Waals surface area contributed by atoms with Crippen LogP contribution in [-0.4, -0.2) is 21.0 Å². The molecule has 1 aliphatic heterocycles. The average molecular weight is 370 g/mol. The minimum Gasteiger partial charge on any atom is -0.341 e. The van der Waals surface area contributed by atoms with Gasteiger partial charge in [0.2, 0.25) is 0 Å². The van der Waals surface area contributed by atoms with E-state index in [9.17, 15) is 0 Å². The van der Waals surface area contributed by atoms with E-state index in [1.165, 1.54) is 52.2 Å². The van der Waals surface area contributed by atoms with E-state index < -0.39 is 0 Å². The number of pyridine rings is 1. The van der Waals surface area contributed by atoms with Crippen LogP contribution in [-0.2, 0) is 13.1 Å². The molecule has 4 aromatic rings. The Morgan fingerprint density at radius 1 is 0.964 bits per heavy atom. The number of para-hydroxylation sites is 1. The highest BCUT2D eigenvalue weighted by Gasteiger charge is 2.24. The van der Waals surface area contributed by atoms with E-state index in [-0.39, 0.29) is 0 Å². The molecular formula is C25H27N3. The summed E-state index contributed by atoms with van der Waals surface area (Å²) < 4.78 is 2.42. The summed E-state index contributed by atoms with van der Waals surface area (Å²) in [5.41, 5.74) is 5.44. The zero-order valence-corrected chi connectivity index (χ0v) is 16.5. The highest BCUT2D eigenvalue weighted by molar-refractivity contribution is 6.08. The monoisotopic (exact) mass is 369 g/mol. The minimum atomic E-state index is 0.482. The Hall–Kier alpha value is -2.65. The molecule has 1 fully saturated rings. The second kappa shape index (κ2) is 7.40. The number of rotatable bonds is 4. The molecule has 3 heterocycles. The molecule has 1 saturated heterocycles. The maximum absolute atomic E-state index is 4.36. The van der Waals surface area contributed by atoms with Gasteiger partial charge in [-0.3, -0.25) is 9.88 Å². The number of nitrogens with zero attached hydrogens (tertiary/aromatic N) is 3. The first-order valence-electron chi connectivity index (χ1n) is 10.5. The van der Waals surface area contributed by atoms with Crippen LogP contribution in [0.4, 0.5) is 0 Å². The third-order valence-corrected chi connectivity index (χ3v) is 6.22. The lowest BCUT2D eigenvalue weighted by molar-refractivity contribution is 0.140. The maximum Gasteiger partial charge on any atom is 0.0491 e. The van der Waals surface area contributed by atoms with Crippen LogP contribution < -0.4 is 0 Å². The first-order chi connectivity index (χ1) is 13.8. The van der Waals surface area contributed by atoms with Crippen molar-refractivity contribution in [1.29, 1.82) is 0 Å². The summed E-state index contributed by atoms with van der Waals surface area (Å²) in [6.45, 7) is 5.39. The molecule has 0 radical (unpaired) electrons. The molecule has 5 rings (SSSR count). The Balaban J connectivity index is 1.51. The van der Waals surface area contributed by atoms with Crippen LogP contribution in [0.25, 0.3) is 21.8 Å². The zero-order valence-electron chi connectivity index (χ0n) is 16.5. The maximum atomic E-state index is 4.36. The van der Waals surface area contributed by atoms with Gasteiger partial charge < -0.3 is 4.57 Å². The van der Waals surface area contributed by atoms with Crippen LogP contribution in [0.1, 0.15) is 43.4 Å². The molecule has 0 amide bonds. The first kappa shape index (κ1) is 17.4. The number of piperidine rings is 1. The number of aromatic nitrogens is 2. The van der Waals surface area contributed by atoms with Gasteiger partial charge >= 0.3 is 0 Å². The normalized spacial score (nSPS) is 18.1. The largest absolute Gasteiger partial charge is 0.341 e. The number of likely N-dealkylation sites (tertiary alicyclic amines) is 1. The van der Waals surface area contributed by atoms with Crippen molar-refractivity contribution in [3.8, 4) is 0 Å². The molecule has 0 N–H and O–H groups in total. The number of fused-ring (bicyclic) bond motifs is 3. The van der Waals surface area contributed by atoms with Crippen LogP contribution in [0.2, 0.25) is 0 Å². The molecule has 28 heavy (non-hydrogen) atoms. The molecule has 1 atom stereocenters. The van der Waals surface area contributed by atoms with Crippen LogP contribution in [0, 0.1) is 0 Å². The molecule has 142 valence electrons. The van der Waals surface area contributed by atoms with E-state index in [0.717, 1.165) is 19.6 Å². The number of hydrogen-bond donors (Lipinski definition) is 0. The zero-order chi connectivity index (χ0) is 18.9. The highest BCUT2D eigenvalue weighted by Crippen LogP contribution is 2.34. The molecule has 2 aromatic heterocycles. The smallest absolute Gasteiger partial charge is 0.0491 e. The Labute approximate surface area is 166 Å². The van der Waals surface area contributed by atoms with Gasteiger partial charge in [0, 0.05) is 53.3 Å². The molecule has 0 aliphatic carbocycles. The standard InChI is InChI=1S/C25H27N3/c1-2-28-24-11-4-3-9-21(24)22-16-19(12-13-25(22)28)18-27-15-6-5-10-23(27)20-8-7-14-26-17-20/h3-4,7-9,11-14,16-17,23H,2,5-6,10,15,18H2,1H3. The van der Waals surface area contributed by atoms with Crippen molar-refractivity contribution >= 4 is 21.8 Å². The predicted molar refractivity (Wildman–Crippen MR) is 116 cm³/mol. The third-order valence-electron chi connectivity index (χ3n) is 6.22. The van der Waals surface area contributed by atoms with Crippen LogP contribution in [0.5, 0.6) is 0 Å². The second-order valence-electron chi connectivity index (χ2n) is 7.88. The third kappa shape index (κ3) is 3.00. The molecule has 3 heteroatoms. The fourth-order valence-corrected chi connectivity index (χ4v) is 4.91. The quantitative estimate of drug-likeness (QED) is 0.444. The number of benzene rings is 2. The molecule has 0 saturated carbocycles. The molecule has 1 unspecified atom stereocenters. The SMILES string of the molecule is CCn1c2ccccc2c2cc(CN3CCCCC3c3cccnc3)ccc21. The van der Waals surface area contributed by atoms with Crippen LogP contribution in [0.3, 0.4) is 0 Å². The van der Waals surface area contributed by atoms with Gasteiger partial charge in [-0.2, -0.15) is 0 Å². The highest BCUT2D eigenvalue weighted by atomic mass is 15.2. The summed E-state index contributed by atoms with van der Waals surface area (Å²) in [7, 11) is 0. The summed E-state index contributed by atoms with van der Waals surface area (Å²) >= 11 is 0. The van der Waals surface area contributed by atoms with Crippen molar-refractivity contribution in [3.63, 3.8) is 0 Å². The average Bonchev–Trinajstić information content (AvgIpc) is 3.08. The summed E-state index contributed by atoms with van der Waals surface area (Å²) in [5.74, 6) is 0. The van der Waals surface area contributed by atoms with Crippen molar-refractivity contribution in [3.05, 3.63) is 78.1 Å². The molecule has 2 aromatic carbocycles. The van der Waals surface area contributed by atoms with Gasteiger partial charge in [0.05, 0.1) is 0 Å². The predicted octanol–water partition coefficient (Wildman–Crippen LogP) is 5.94. The van der Waals surface area contributed by atoms with Crippen LogP contribution >= 0.6 is 0 Å². The molecular weight excluding hydrogens is 342 g/mol. The summed E-state index contributed by atoms with van der Waals surface area (Å²) in [6.07, 6.45) is 7.73. The molecule has 0 bridgehead atoms. The summed E-state index contributed by atoms with van der Waals surface area (Å²) in [4.78, 5) is 7.00. The van der Waals surface area contributed by atoms with Crippen molar-refractivity contribution in [2.45, 2.75) is 45.3 Å². The fourth-order valence-electron chi connectivity index (χ4n) is 4.91. The van der Waals surface area contributed by atoms with Gasteiger partial charge in [-0.25, -0.2) is 0 Å². The van der Waals surface area contributed by atoms with E-state index in [4.69, 9.17) is 0 Å².